The van der Waals surface area contributed by atoms with Crippen molar-refractivity contribution >= 4 is 5.97 Å². The van der Waals surface area contributed by atoms with Gasteiger partial charge in [0, 0.05) is 0 Å². The molecule has 1 aliphatic rings. The van der Waals surface area contributed by atoms with Crippen molar-refractivity contribution in [2.45, 2.75) is 52.2 Å². The van der Waals surface area contributed by atoms with E-state index in [1.54, 1.807) is 6.92 Å². The molecule has 0 radical (unpaired) electrons. The van der Waals surface area contributed by atoms with Crippen LogP contribution in [0.1, 0.15) is 40.5 Å². The molecule has 0 aromatic rings. The predicted octanol–water partition coefficient (Wildman–Crippen LogP) is 2.05. The summed E-state index contributed by atoms with van der Waals surface area (Å²) in [6, 6.07) is 0. The van der Waals surface area contributed by atoms with Crippen molar-refractivity contribution in [3.05, 3.63) is 0 Å². The third-order valence-electron chi connectivity index (χ3n) is 2.39. The molecule has 0 spiro atoms. The van der Waals surface area contributed by atoms with Crippen molar-refractivity contribution in [1.82, 2.24) is 0 Å². The van der Waals surface area contributed by atoms with E-state index in [2.05, 4.69) is 0 Å². The normalized spacial score (nSPS) is 34.0. The van der Waals surface area contributed by atoms with Crippen molar-refractivity contribution < 1.29 is 14.6 Å². The Morgan fingerprint density at radius 3 is 2.23 bits per heavy atom. The number of ether oxygens (including phenoxy) is 1. The number of carboxylic acid groups (broad SMARTS) is 1. The minimum Gasteiger partial charge on any atom is -0.481 e. The van der Waals surface area contributed by atoms with Gasteiger partial charge in [-0.1, -0.05) is 0 Å². The predicted molar refractivity (Wildman–Crippen MR) is 49.6 cm³/mol. The topological polar surface area (TPSA) is 46.5 Å². The monoisotopic (exact) mass is 186 g/mol. The Morgan fingerprint density at radius 2 is 1.92 bits per heavy atom. The molecule has 3 nitrogen and oxygen atoms in total. The highest BCUT2D eigenvalue weighted by atomic mass is 16.5. The Labute approximate surface area is 79.1 Å². The highest BCUT2D eigenvalue weighted by molar-refractivity contribution is 5.75. The quantitative estimate of drug-likeness (QED) is 0.718. The molecule has 0 bridgehead atoms. The summed E-state index contributed by atoms with van der Waals surface area (Å²) in [5, 5.41) is 8.85. The molecule has 0 aliphatic heterocycles. The van der Waals surface area contributed by atoms with Crippen LogP contribution in [-0.4, -0.2) is 22.8 Å². The van der Waals surface area contributed by atoms with Gasteiger partial charge in [0.15, 0.2) is 0 Å². The van der Waals surface area contributed by atoms with E-state index in [0.29, 0.717) is 12.8 Å². The van der Waals surface area contributed by atoms with Gasteiger partial charge in [-0.05, 0) is 40.5 Å². The second-order valence-electron chi connectivity index (χ2n) is 5.13. The van der Waals surface area contributed by atoms with Crippen LogP contribution >= 0.6 is 0 Å². The van der Waals surface area contributed by atoms with Gasteiger partial charge in [-0.2, -0.15) is 0 Å². The smallest absolute Gasteiger partial charge is 0.309 e. The van der Waals surface area contributed by atoms with Gasteiger partial charge >= 0.3 is 5.97 Å². The summed E-state index contributed by atoms with van der Waals surface area (Å²) in [7, 11) is 0. The minimum absolute atomic E-state index is 0.126. The maximum Gasteiger partial charge on any atom is 0.309 e. The summed E-state index contributed by atoms with van der Waals surface area (Å²) in [6.45, 7) is 7.74. The molecular formula is C10H18O3. The minimum atomic E-state index is -0.707. The lowest BCUT2D eigenvalue weighted by Gasteiger charge is -2.44. The van der Waals surface area contributed by atoms with Crippen molar-refractivity contribution in [3.8, 4) is 0 Å². The number of hydrogen-bond donors (Lipinski definition) is 1. The van der Waals surface area contributed by atoms with E-state index in [1.165, 1.54) is 0 Å². The van der Waals surface area contributed by atoms with Gasteiger partial charge in [-0.25, -0.2) is 0 Å². The Hall–Kier alpha value is -0.570. The van der Waals surface area contributed by atoms with E-state index in [0.717, 1.165) is 0 Å². The first-order valence-corrected chi connectivity index (χ1v) is 4.64. The highest BCUT2D eigenvalue weighted by Crippen LogP contribution is 2.43. The van der Waals surface area contributed by atoms with Crippen LogP contribution in [0.5, 0.6) is 0 Å². The zero-order valence-corrected chi connectivity index (χ0v) is 8.76. The summed E-state index contributed by atoms with van der Waals surface area (Å²) in [5.74, 6) is -0.707. The fourth-order valence-corrected chi connectivity index (χ4v) is 1.70. The maximum absolute atomic E-state index is 10.8. The lowest BCUT2D eigenvalue weighted by molar-refractivity contribution is -0.176. The van der Waals surface area contributed by atoms with Crippen molar-refractivity contribution in [1.29, 1.82) is 0 Å². The number of hydrogen-bond acceptors (Lipinski definition) is 2. The summed E-state index contributed by atoms with van der Waals surface area (Å²) in [6.07, 6.45) is 1.40. The molecule has 1 N–H and O–H groups in total. The van der Waals surface area contributed by atoms with Gasteiger partial charge < -0.3 is 9.84 Å². The maximum atomic E-state index is 10.8. The van der Waals surface area contributed by atoms with E-state index < -0.39 is 11.4 Å². The summed E-state index contributed by atoms with van der Waals surface area (Å²) in [5.41, 5.74) is -0.708. The van der Waals surface area contributed by atoms with E-state index in [1.807, 2.05) is 20.8 Å². The fraction of sp³-hybridized carbons (Fsp3) is 0.900. The second-order valence-corrected chi connectivity index (χ2v) is 5.13. The third kappa shape index (κ3) is 2.44. The zero-order chi connectivity index (χ0) is 10.3. The Balaban J connectivity index is 2.38. The molecule has 1 rings (SSSR count). The number of rotatable bonds is 2. The molecule has 0 heterocycles. The third-order valence-corrected chi connectivity index (χ3v) is 2.39. The molecule has 0 unspecified atom stereocenters. The van der Waals surface area contributed by atoms with E-state index in [-0.39, 0.29) is 11.7 Å². The summed E-state index contributed by atoms with van der Waals surface area (Å²) in [4.78, 5) is 10.8. The number of aliphatic carboxylic acids is 1. The molecule has 1 saturated carbocycles. The molecule has 1 aliphatic carbocycles. The van der Waals surface area contributed by atoms with Crippen molar-refractivity contribution in [3.63, 3.8) is 0 Å². The molecule has 3 heteroatoms. The van der Waals surface area contributed by atoms with Crippen molar-refractivity contribution in [2.75, 3.05) is 0 Å². The van der Waals surface area contributed by atoms with Crippen LogP contribution in [0, 0.1) is 5.41 Å². The largest absolute Gasteiger partial charge is 0.481 e. The van der Waals surface area contributed by atoms with Crippen LogP contribution in [0.3, 0.4) is 0 Å². The average Bonchev–Trinajstić information content (AvgIpc) is 1.79. The highest BCUT2D eigenvalue weighted by Gasteiger charge is 2.48. The zero-order valence-electron chi connectivity index (χ0n) is 8.76. The Bertz CT molecular complexity index is 209. The summed E-state index contributed by atoms with van der Waals surface area (Å²) >= 11 is 0. The molecule has 0 amide bonds. The average molecular weight is 186 g/mol. The van der Waals surface area contributed by atoms with E-state index in [4.69, 9.17) is 9.84 Å². The van der Waals surface area contributed by atoms with Crippen LogP contribution in [0.15, 0.2) is 0 Å². The first-order chi connectivity index (χ1) is 5.73. The molecule has 13 heavy (non-hydrogen) atoms. The van der Waals surface area contributed by atoms with Crippen LogP contribution < -0.4 is 0 Å². The van der Waals surface area contributed by atoms with Crippen molar-refractivity contribution in [2.24, 2.45) is 5.41 Å². The summed E-state index contributed by atoms with van der Waals surface area (Å²) < 4.78 is 5.66. The standard InChI is InChI=1S/C10H18O3/c1-9(2,3)13-7-5-10(4,6-7)8(11)12/h7H,5-6H2,1-4H3,(H,11,12). The molecule has 0 aromatic heterocycles. The van der Waals surface area contributed by atoms with E-state index >= 15 is 0 Å². The number of carboxylic acids is 1. The SMILES string of the molecule is CC(C)(C)OC1CC(C)(C(=O)O)C1. The van der Waals surface area contributed by atoms with E-state index in [9.17, 15) is 4.79 Å². The Morgan fingerprint density at radius 1 is 1.46 bits per heavy atom. The molecule has 0 atom stereocenters. The molecule has 0 aromatic carbocycles. The first-order valence-electron chi connectivity index (χ1n) is 4.64. The molecule has 0 saturated heterocycles. The van der Waals surface area contributed by atoms with Gasteiger partial charge in [0.05, 0.1) is 17.1 Å². The first kappa shape index (κ1) is 10.5. The van der Waals surface area contributed by atoms with Gasteiger partial charge in [0.2, 0.25) is 0 Å². The van der Waals surface area contributed by atoms with Crippen LogP contribution in [0.25, 0.3) is 0 Å². The van der Waals surface area contributed by atoms with Gasteiger partial charge in [0.25, 0.3) is 0 Å². The number of carbonyl (C=O) groups is 1. The van der Waals surface area contributed by atoms with Gasteiger partial charge in [0.1, 0.15) is 0 Å². The van der Waals surface area contributed by atoms with Gasteiger partial charge in [-0.15, -0.1) is 0 Å². The molecule has 1 fully saturated rings. The second kappa shape index (κ2) is 2.98. The van der Waals surface area contributed by atoms with Crippen LogP contribution in [0.2, 0.25) is 0 Å². The lowest BCUT2D eigenvalue weighted by Crippen LogP contribution is -2.48. The fourth-order valence-electron chi connectivity index (χ4n) is 1.70. The van der Waals surface area contributed by atoms with Crippen LogP contribution in [-0.2, 0) is 9.53 Å². The molecular weight excluding hydrogens is 168 g/mol. The van der Waals surface area contributed by atoms with Gasteiger partial charge in [-0.3, -0.25) is 4.79 Å². The van der Waals surface area contributed by atoms with Crippen LogP contribution in [0.4, 0.5) is 0 Å². The lowest BCUT2D eigenvalue weighted by atomic mass is 9.68. The Kier molecular flexibility index (Phi) is 2.41. The molecule has 76 valence electrons.